The van der Waals surface area contributed by atoms with E-state index in [2.05, 4.69) is 20.4 Å². The predicted octanol–water partition coefficient (Wildman–Crippen LogP) is 2.80. The van der Waals surface area contributed by atoms with E-state index < -0.39 is 58.9 Å². The molecule has 0 spiro atoms. The van der Waals surface area contributed by atoms with E-state index in [0.29, 0.717) is 34.8 Å². The third kappa shape index (κ3) is 7.75. The van der Waals surface area contributed by atoms with Crippen LogP contribution in [0.15, 0.2) is 47.7 Å². The van der Waals surface area contributed by atoms with E-state index in [1.54, 1.807) is 24.3 Å². The van der Waals surface area contributed by atoms with Crippen LogP contribution in [0, 0.1) is 0 Å². The highest BCUT2D eigenvalue weighted by molar-refractivity contribution is 5.83. The van der Waals surface area contributed by atoms with Crippen molar-refractivity contribution in [3.8, 4) is 5.75 Å². The number of methoxy groups -OCH3 is 1. The van der Waals surface area contributed by atoms with Crippen molar-refractivity contribution in [1.82, 2.24) is 24.6 Å². The van der Waals surface area contributed by atoms with E-state index in [9.17, 15) is 41.0 Å². The van der Waals surface area contributed by atoms with Crippen molar-refractivity contribution >= 4 is 17.5 Å². The zero-order valence-corrected chi connectivity index (χ0v) is 25.0. The van der Waals surface area contributed by atoms with Gasteiger partial charge in [-0.2, -0.15) is 31.4 Å². The molecular weight excluding hydrogens is 640 g/mol. The largest absolute Gasteiger partial charge is 0.497 e. The van der Waals surface area contributed by atoms with Crippen LogP contribution in [0.3, 0.4) is 0 Å². The average molecular weight is 672 g/mol. The number of aliphatic hydroxyl groups excluding tert-OH is 1. The number of halogens is 6. The lowest BCUT2D eigenvalue weighted by molar-refractivity contribution is -0.141. The predicted molar refractivity (Wildman–Crippen MR) is 154 cm³/mol. The number of likely N-dealkylation sites (tertiary alicyclic amines) is 1. The Kier molecular flexibility index (Phi) is 9.90. The number of carbonyl (C=O) groups excluding carboxylic acids is 1. The van der Waals surface area contributed by atoms with Crippen LogP contribution < -0.4 is 20.5 Å². The molecule has 12 nitrogen and oxygen atoms in total. The number of carbonyl (C=O) groups is 1. The van der Waals surface area contributed by atoms with E-state index in [4.69, 9.17) is 9.47 Å². The molecule has 18 heteroatoms. The van der Waals surface area contributed by atoms with Crippen LogP contribution >= 0.6 is 0 Å². The van der Waals surface area contributed by atoms with Crippen LogP contribution in [0.4, 0.5) is 38.0 Å². The molecule has 2 aliphatic rings. The van der Waals surface area contributed by atoms with Gasteiger partial charge in [0.1, 0.15) is 17.4 Å². The molecular formula is C29H31F6N7O5. The maximum Gasteiger partial charge on any atom is 0.423 e. The summed E-state index contributed by atoms with van der Waals surface area (Å²) in [6, 6.07) is 5.86. The Morgan fingerprint density at radius 1 is 0.979 bits per heavy atom. The topological polar surface area (TPSA) is 135 Å². The number of rotatable bonds is 10. The van der Waals surface area contributed by atoms with Gasteiger partial charge in [0.05, 0.1) is 49.9 Å². The number of aliphatic hydroxyl groups is 1. The minimum absolute atomic E-state index is 0.0102. The lowest BCUT2D eigenvalue weighted by atomic mass is 10.0. The number of nitrogens with zero attached hydrogens (tertiary/aromatic N) is 6. The van der Waals surface area contributed by atoms with Crippen molar-refractivity contribution in [2.45, 2.75) is 50.0 Å². The highest BCUT2D eigenvalue weighted by Gasteiger charge is 2.42. The standard InChI is InChI=1S/C29H31F6N7O5/c1-46-19-4-2-17(3-5-19)15-42-26(45)24(29(33,34)35)20(14-39-42)36-8-11-47-23-7-10-41(25(23)44)21-6-9-40(16-22(21)43)27-37-12-18(13-38-27)28(30,31)32/h2-5,12-14,21-23,36,43H,6-11,15-16H2,1H3/t21-,22+,23+/m0/s1. The van der Waals surface area contributed by atoms with Gasteiger partial charge in [0.25, 0.3) is 11.5 Å². The van der Waals surface area contributed by atoms with Crippen LogP contribution in [0.5, 0.6) is 5.75 Å². The molecule has 3 aromatic rings. The molecule has 0 aliphatic carbocycles. The normalized spacial score (nSPS) is 20.5. The molecule has 0 saturated carbocycles. The van der Waals surface area contributed by atoms with Crippen molar-refractivity contribution in [2.24, 2.45) is 0 Å². The molecule has 2 aliphatic heterocycles. The molecule has 4 heterocycles. The second-order valence-electron chi connectivity index (χ2n) is 11.0. The second kappa shape index (κ2) is 13.7. The number of hydrogen-bond acceptors (Lipinski definition) is 10. The third-order valence-corrected chi connectivity index (χ3v) is 7.94. The third-order valence-electron chi connectivity index (χ3n) is 7.94. The van der Waals surface area contributed by atoms with Gasteiger partial charge >= 0.3 is 12.4 Å². The van der Waals surface area contributed by atoms with Crippen molar-refractivity contribution in [3.63, 3.8) is 0 Å². The molecule has 2 saturated heterocycles. The maximum atomic E-state index is 13.9. The van der Waals surface area contributed by atoms with E-state index in [1.807, 2.05) is 0 Å². The van der Waals surface area contributed by atoms with Crippen molar-refractivity contribution < 1.29 is 45.7 Å². The van der Waals surface area contributed by atoms with Gasteiger partial charge in [-0.15, -0.1) is 0 Å². The van der Waals surface area contributed by atoms with Gasteiger partial charge in [0.15, 0.2) is 0 Å². The van der Waals surface area contributed by atoms with Crippen LogP contribution in [0.2, 0.25) is 0 Å². The molecule has 2 aromatic heterocycles. The Morgan fingerprint density at radius 2 is 1.68 bits per heavy atom. The zero-order valence-electron chi connectivity index (χ0n) is 25.0. The average Bonchev–Trinajstić information content (AvgIpc) is 3.39. The van der Waals surface area contributed by atoms with Crippen LogP contribution in [0.25, 0.3) is 0 Å². The Morgan fingerprint density at radius 3 is 2.30 bits per heavy atom. The summed E-state index contributed by atoms with van der Waals surface area (Å²) in [6.45, 7) is 0.0218. The minimum Gasteiger partial charge on any atom is -0.497 e. The van der Waals surface area contributed by atoms with Crippen molar-refractivity contribution in [3.05, 3.63) is 69.9 Å². The van der Waals surface area contributed by atoms with Crippen LogP contribution in [0.1, 0.15) is 29.5 Å². The number of benzene rings is 1. The first kappa shape index (κ1) is 33.9. The van der Waals surface area contributed by atoms with Gasteiger partial charge in [0.2, 0.25) is 5.95 Å². The fourth-order valence-corrected chi connectivity index (χ4v) is 5.55. The quantitative estimate of drug-likeness (QED) is 0.245. The van der Waals surface area contributed by atoms with Crippen molar-refractivity contribution in [2.75, 3.05) is 50.1 Å². The molecule has 0 bridgehead atoms. The monoisotopic (exact) mass is 671 g/mol. The Balaban J connectivity index is 1.13. The summed E-state index contributed by atoms with van der Waals surface area (Å²) >= 11 is 0. The molecule has 2 fully saturated rings. The lowest BCUT2D eigenvalue weighted by Crippen LogP contribution is -2.55. The Hall–Kier alpha value is -4.45. The van der Waals surface area contributed by atoms with Gasteiger partial charge in [-0.1, -0.05) is 12.1 Å². The fraction of sp³-hybridized carbons (Fsp3) is 0.483. The highest BCUT2D eigenvalue weighted by Crippen LogP contribution is 2.32. The fourth-order valence-electron chi connectivity index (χ4n) is 5.55. The summed E-state index contributed by atoms with van der Waals surface area (Å²) < 4.78 is 91.6. The van der Waals surface area contributed by atoms with Gasteiger partial charge < -0.3 is 29.7 Å². The van der Waals surface area contributed by atoms with Crippen LogP contribution in [-0.2, 0) is 28.4 Å². The summed E-state index contributed by atoms with van der Waals surface area (Å²) in [4.78, 5) is 36.4. The zero-order chi connectivity index (χ0) is 33.9. The molecule has 1 amide bonds. The molecule has 47 heavy (non-hydrogen) atoms. The molecule has 254 valence electrons. The molecule has 3 atom stereocenters. The van der Waals surface area contributed by atoms with Gasteiger partial charge in [-0.3, -0.25) is 9.59 Å². The molecule has 2 N–H and O–H groups in total. The van der Waals surface area contributed by atoms with E-state index in [1.165, 1.54) is 16.9 Å². The lowest BCUT2D eigenvalue weighted by Gasteiger charge is -2.40. The first-order valence-corrected chi connectivity index (χ1v) is 14.5. The van der Waals surface area contributed by atoms with E-state index in [-0.39, 0.29) is 51.7 Å². The summed E-state index contributed by atoms with van der Waals surface area (Å²) in [5.41, 5.74) is -3.71. The van der Waals surface area contributed by atoms with Gasteiger partial charge in [0, 0.05) is 45.0 Å². The summed E-state index contributed by atoms with van der Waals surface area (Å²) in [6.07, 6.45) is -8.66. The second-order valence-corrected chi connectivity index (χ2v) is 11.0. The number of aromatic nitrogens is 4. The highest BCUT2D eigenvalue weighted by atomic mass is 19.4. The molecule has 1 aromatic carbocycles. The van der Waals surface area contributed by atoms with E-state index in [0.717, 1.165) is 6.20 Å². The minimum atomic E-state index is -4.97. The summed E-state index contributed by atoms with van der Waals surface area (Å²) in [5.74, 6) is 0.176. The molecule has 0 unspecified atom stereocenters. The Labute approximate surface area is 263 Å². The summed E-state index contributed by atoms with van der Waals surface area (Å²) in [5, 5.41) is 17.2. The number of nitrogens with one attached hydrogen (secondary N) is 1. The molecule has 0 radical (unpaired) electrons. The number of hydrogen-bond donors (Lipinski definition) is 2. The SMILES string of the molecule is COc1ccc(Cn2ncc(NCCO[C@@H]3CCN([C@H]4CCN(c5ncc(C(F)(F)F)cn5)C[C@H]4O)C3=O)c(C(F)(F)F)c2=O)cc1. The van der Waals surface area contributed by atoms with E-state index >= 15 is 0 Å². The number of β-amino-alcohol motifs (C(OH)–C–C–N with tert-alkyl or cyclic N) is 1. The van der Waals surface area contributed by atoms with Gasteiger partial charge in [-0.25, -0.2) is 14.6 Å². The number of amides is 1. The first-order chi connectivity index (χ1) is 22.3. The maximum absolute atomic E-state index is 13.9. The van der Waals surface area contributed by atoms with Gasteiger partial charge in [-0.05, 0) is 24.1 Å². The van der Waals surface area contributed by atoms with Crippen molar-refractivity contribution in [1.29, 1.82) is 0 Å². The summed E-state index contributed by atoms with van der Waals surface area (Å²) in [7, 11) is 1.47. The van der Waals surface area contributed by atoms with Crippen LogP contribution in [-0.4, -0.2) is 93.8 Å². The Bertz CT molecular complexity index is 1600. The smallest absolute Gasteiger partial charge is 0.423 e. The molecule has 5 rings (SSSR count). The number of anilines is 2. The number of ether oxygens (including phenoxy) is 2. The first-order valence-electron chi connectivity index (χ1n) is 14.5. The number of alkyl halides is 6. The number of piperidine rings is 1.